The standard InChI is InChI=1S/C12H23O2/c1-4-10(2)6-5-7-11(3)8-9-12(13)14/h10-11H,4-9H2,1-3H3. The second-order valence-corrected chi connectivity index (χ2v) is 4.46. The summed E-state index contributed by atoms with van der Waals surface area (Å²) in [5.74, 6) is 0.416. The Kier molecular flexibility index (Phi) is 7.54. The van der Waals surface area contributed by atoms with Crippen molar-refractivity contribution >= 4 is 5.97 Å². The van der Waals surface area contributed by atoms with Gasteiger partial charge in [0.2, 0.25) is 0 Å². The van der Waals surface area contributed by atoms with E-state index < -0.39 is 5.97 Å². The average molecular weight is 199 g/mol. The van der Waals surface area contributed by atoms with Gasteiger partial charge in [0.25, 0.3) is 0 Å². The smallest absolute Gasteiger partial charge is 0.247 e. The Balaban J connectivity index is 3.35. The lowest BCUT2D eigenvalue weighted by Gasteiger charge is -2.11. The largest absolute Gasteiger partial charge is 0.355 e. The molecule has 1 radical (unpaired) electrons. The molecule has 0 aromatic heterocycles. The SMILES string of the molecule is CCC(C)CCCC(C)CCC([O])=O. The molecule has 0 fully saturated rings. The van der Waals surface area contributed by atoms with Gasteiger partial charge in [-0.2, -0.15) is 0 Å². The molecule has 0 saturated carbocycles. The van der Waals surface area contributed by atoms with Gasteiger partial charge in [0.15, 0.2) is 0 Å². The first-order valence-electron chi connectivity index (χ1n) is 5.76. The number of rotatable bonds is 8. The van der Waals surface area contributed by atoms with E-state index in [4.69, 9.17) is 0 Å². The molecule has 83 valence electrons. The lowest BCUT2D eigenvalue weighted by atomic mass is 9.94. The maximum atomic E-state index is 10.2. The van der Waals surface area contributed by atoms with Gasteiger partial charge in [-0.3, -0.25) is 0 Å². The van der Waals surface area contributed by atoms with Crippen molar-refractivity contribution in [1.82, 2.24) is 0 Å². The fraction of sp³-hybridized carbons (Fsp3) is 0.917. The van der Waals surface area contributed by atoms with Crippen LogP contribution >= 0.6 is 0 Å². The zero-order valence-electron chi connectivity index (χ0n) is 9.71. The van der Waals surface area contributed by atoms with E-state index in [1.54, 1.807) is 0 Å². The summed E-state index contributed by atoms with van der Waals surface area (Å²) in [7, 11) is 0. The molecule has 2 nitrogen and oxygen atoms in total. The molecule has 2 atom stereocenters. The highest BCUT2D eigenvalue weighted by Crippen LogP contribution is 2.17. The fourth-order valence-corrected chi connectivity index (χ4v) is 1.53. The summed E-state index contributed by atoms with van der Waals surface area (Å²) < 4.78 is 0. The van der Waals surface area contributed by atoms with Gasteiger partial charge in [-0.05, 0) is 18.3 Å². The van der Waals surface area contributed by atoms with Gasteiger partial charge in [0.05, 0.1) is 6.42 Å². The zero-order valence-corrected chi connectivity index (χ0v) is 9.71. The van der Waals surface area contributed by atoms with Gasteiger partial charge in [-0.25, -0.2) is 9.90 Å². The maximum absolute atomic E-state index is 10.2. The summed E-state index contributed by atoms with van der Waals surface area (Å²) in [6.45, 7) is 6.61. The molecular formula is C12H23O2. The van der Waals surface area contributed by atoms with Crippen molar-refractivity contribution in [3.05, 3.63) is 0 Å². The monoisotopic (exact) mass is 199 g/mol. The molecule has 0 aliphatic heterocycles. The normalized spacial score (nSPS) is 15.1. The lowest BCUT2D eigenvalue weighted by Crippen LogP contribution is -2.01. The van der Waals surface area contributed by atoms with Gasteiger partial charge in [0.1, 0.15) is 0 Å². The number of carbonyl (C=O) groups is 1. The summed E-state index contributed by atoms with van der Waals surface area (Å²) in [6.07, 6.45) is 5.87. The van der Waals surface area contributed by atoms with Gasteiger partial charge in [-0.1, -0.05) is 46.5 Å². The van der Waals surface area contributed by atoms with E-state index in [9.17, 15) is 9.90 Å². The first-order valence-corrected chi connectivity index (χ1v) is 5.76. The van der Waals surface area contributed by atoms with E-state index in [-0.39, 0.29) is 6.42 Å². The fourth-order valence-electron chi connectivity index (χ4n) is 1.53. The summed E-state index contributed by atoms with van der Waals surface area (Å²) in [5, 5.41) is 10.2. The molecule has 0 aromatic rings. The van der Waals surface area contributed by atoms with Crippen molar-refractivity contribution in [3.8, 4) is 0 Å². The number of hydrogen-bond donors (Lipinski definition) is 0. The molecule has 0 rings (SSSR count). The summed E-state index contributed by atoms with van der Waals surface area (Å²) in [5.41, 5.74) is 0. The van der Waals surface area contributed by atoms with Gasteiger partial charge < -0.3 is 0 Å². The Bertz CT molecular complexity index is 154. The molecule has 0 spiro atoms. The van der Waals surface area contributed by atoms with Crippen LogP contribution in [0.1, 0.15) is 59.3 Å². The molecule has 0 bridgehead atoms. The van der Waals surface area contributed by atoms with E-state index in [1.165, 1.54) is 19.3 Å². The van der Waals surface area contributed by atoms with Crippen LogP contribution in [0, 0.1) is 11.8 Å². The Morgan fingerprint density at radius 1 is 1.07 bits per heavy atom. The van der Waals surface area contributed by atoms with E-state index >= 15 is 0 Å². The van der Waals surface area contributed by atoms with Crippen molar-refractivity contribution in [2.24, 2.45) is 11.8 Å². The third-order valence-electron chi connectivity index (χ3n) is 2.93. The van der Waals surface area contributed by atoms with Crippen LogP contribution in [0.5, 0.6) is 0 Å². The molecule has 0 heterocycles. The van der Waals surface area contributed by atoms with Crippen LogP contribution in [-0.4, -0.2) is 5.97 Å². The summed E-state index contributed by atoms with van der Waals surface area (Å²) in [4.78, 5) is 10.2. The minimum Gasteiger partial charge on any atom is -0.247 e. The highest BCUT2D eigenvalue weighted by Gasteiger charge is 2.07. The van der Waals surface area contributed by atoms with Crippen molar-refractivity contribution in [1.29, 1.82) is 0 Å². The molecule has 2 unspecified atom stereocenters. The first-order chi connectivity index (χ1) is 6.56. The van der Waals surface area contributed by atoms with Crippen LogP contribution < -0.4 is 0 Å². The van der Waals surface area contributed by atoms with Crippen molar-refractivity contribution in [2.45, 2.75) is 59.3 Å². The Hall–Kier alpha value is -0.530. The van der Waals surface area contributed by atoms with E-state index in [0.29, 0.717) is 5.92 Å². The van der Waals surface area contributed by atoms with Crippen LogP contribution in [-0.2, 0) is 9.90 Å². The van der Waals surface area contributed by atoms with Crippen LogP contribution in [0.15, 0.2) is 0 Å². The van der Waals surface area contributed by atoms with E-state index in [0.717, 1.165) is 18.8 Å². The molecular weight excluding hydrogens is 176 g/mol. The van der Waals surface area contributed by atoms with Crippen LogP contribution in [0.3, 0.4) is 0 Å². The maximum Gasteiger partial charge on any atom is 0.355 e. The van der Waals surface area contributed by atoms with Gasteiger partial charge in [-0.15, -0.1) is 0 Å². The highest BCUT2D eigenvalue weighted by atomic mass is 16.4. The summed E-state index contributed by atoms with van der Waals surface area (Å²) in [6, 6.07) is 0. The van der Waals surface area contributed by atoms with Crippen LogP contribution in [0.4, 0.5) is 0 Å². The molecule has 0 aliphatic rings. The predicted octanol–water partition coefficient (Wildman–Crippen LogP) is 3.58. The van der Waals surface area contributed by atoms with Crippen molar-refractivity contribution < 1.29 is 9.90 Å². The minimum atomic E-state index is -0.918. The van der Waals surface area contributed by atoms with E-state index in [2.05, 4.69) is 20.8 Å². The quantitative estimate of drug-likeness (QED) is 0.588. The topological polar surface area (TPSA) is 37.0 Å². The second-order valence-electron chi connectivity index (χ2n) is 4.46. The molecule has 0 amide bonds. The lowest BCUT2D eigenvalue weighted by molar-refractivity contribution is -0.143. The molecule has 14 heavy (non-hydrogen) atoms. The van der Waals surface area contributed by atoms with Crippen LogP contribution in [0.25, 0.3) is 0 Å². The second kappa shape index (κ2) is 7.84. The van der Waals surface area contributed by atoms with E-state index in [1.807, 2.05) is 0 Å². The van der Waals surface area contributed by atoms with Crippen molar-refractivity contribution in [3.63, 3.8) is 0 Å². The third-order valence-corrected chi connectivity index (χ3v) is 2.93. The first kappa shape index (κ1) is 13.5. The average Bonchev–Trinajstić information content (AvgIpc) is 2.14. The van der Waals surface area contributed by atoms with Crippen molar-refractivity contribution in [2.75, 3.05) is 0 Å². The Morgan fingerprint density at radius 3 is 2.14 bits per heavy atom. The molecule has 0 saturated heterocycles. The zero-order chi connectivity index (χ0) is 11.0. The number of carbonyl (C=O) groups excluding carboxylic acids is 1. The predicted molar refractivity (Wildman–Crippen MR) is 57.4 cm³/mol. The third kappa shape index (κ3) is 8.09. The number of hydrogen-bond acceptors (Lipinski definition) is 1. The molecule has 0 aliphatic carbocycles. The summed E-state index contributed by atoms with van der Waals surface area (Å²) >= 11 is 0. The molecule has 2 heteroatoms. The Labute approximate surface area is 87.7 Å². The highest BCUT2D eigenvalue weighted by molar-refractivity contribution is 5.66. The minimum absolute atomic E-state index is 0.213. The molecule has 0 aromatic carbocycles. The Morgan fingerprint density at radius 2 is 1.64 bits per heavy atom. The van der Waals surface area contributed by atoms with Crippen LogP contribution in [0.2, 0.25) is 0 Å². The van der Waals surface area contributed by atoms with Gasteiger partial charge in [0, 0.05) is 0 Å². The molecule has 0 N–H and O–H groups in total. The van der Waals surface area contributed by atoms with Gasteiger partial charge >= 0.3 is 5.97 Å².